The summed E-state index contributed by atoms with van der Waals surface area (Å²) >= 11 is 1.38. The van der Waals surface area contributed by atoms with Crippen molar-refractivity contribution in [3.05, 3.63) is 56.8 Å². The Morgan fingerprint density at radius 3 is 2.24 bits per heavy atom. The van der Waals surface area contributed by atoms with E-state index >= 15 is 0 Å². The van der Waals surface area contributed by atoms with E-state index in [0.29, 0.717) is 0 Å². The van der Waals surface area contributed by atoms with Gasteiger partial charge >= 0.3 is 6.09 Å². The van der Waals surface area contributed by atoms with E-state index in [0.717, 1.165) is 29.1 Å². The van der Waals surface area contributed by atoms with E-state index in [-0.39, 0.29) is 16.5 Å². The summed E-state index contributed by atoms with van der Waals surface area (Å²) < 4.78 is 41.0. The maximum atomic E-state index is 13.0. The first-order valence-electron chi connectivity index (χ1n) is 10.5. The second-order valence-electron chi connectivity index (χ2n) is 8.75. The van der Waals surface area contributed by atoms with Crippen LogP contribution in [0.25, 0.3) is 0 Å². The maximum absolute atomic E-state index is 13.0. The number of amides is 1. The lowest BCUT2D eigenvalue weighted by atomic mass is 10.00. The van der Waals surface area contributed by atoms with Gasteiger partial charge < -0.3 is 14.8 Å². The van der Waals surface area contributed by atoms with E-state index in [4.69, 9.17) is 9.47 Å². The number of thiophene rings is 1. The summed E-state index contributed by atoms with van der Waals surface area (Å²) in [6.07, 6.45) is -1.07. The zero-order valence-corrected chi connectivity index (χ0v) is 21.5. The fraction of sp³-hybridized carbons (Fsp3) is 0.455. The second-order valence-corrected chi connectivity index (χ2v) is 11.3. The van der Waals surface area contributed by atoms with E-state index in [1.807, 2.05) is 11.4 Å². The molecule has 1 aromatic carbocycles. The molecule has 1 amide bonds. The minimum Gasteiger partial charge on any atom is -0.477 e. The van der Waals surface area contributed by atoms with Crippen molar-refractivity contribution in [3.8, 4) is 0 Å². The number of carbonyl (C=O) groups is 1. The largest absolute Gasteiger partial charge is 0.477 e. The number of nitrogens with one attached hydrogen (secondary N) is 1. The van der Waals surface area contributed by atoms with Crippen LogP contribution in [-0.4, -0.2) is 37.0 Å². The van der Waals surface area contributed by atoms with Gasteiger partial charge in [0.15, 0.2) is 0 Å². The van der Waals surface area contributed by atoms with E-state index in [1.54, 1.807) is 47.6 Å². The third kappa shape index (κ3) is 7.80. The smallest absolute Gasteiger partial charge is 0.408 e. The summed E-state index contributed by atoms with van der Waals surface area (Å²) in [5.41, 5.74) is -0.966. The van der Waals surface area contributed by atoms with Gasteiger partial charge in [0.2, 0.25) is 5.90 Å². The van der Waals surface area contributed by atoms with Crippen molar-refractivity contribution in [3.63, 3.8) is 0 Å². The number of nitro groups is 1. The summed E-state index contributed by atoms with van der Waals surface area (Å²) in [7, 11) is -4.25. The number of carbonyl (C=O) groups excluding carboxylic acids is 1. The summed E-state index contributed by atoms with van der Waals surface area (Å²) in [6.45, 7) is 10.4. The number of hydrogen-bond donors (Lipinski definition) is 1. The van der Waals surface area contributed by atoms with E-state index in [9.17, 15) is 23.3 Å². The highest BCUT2D eigenvalue weighted by Crippen LogP contribution is 2.29. The van der Waals surface area contributed by atoms with Crippen molar-refractivity contribution in [1.82, 2.24) is 5.32 Å². The Bertz CT molecular complexity index is 1120. The molecular weight excluding hydrogens is 482 g/mol. The molecule has 0 fully saturated rings. The predicted octanol–water partition coefficient (Wildman–Crippen LogP) is 5.07. The molecule has 1 N–H and O–H groups in total. The summed E-state index contributed by atoms with van der Waals surface area (Å²) in [5, 5.41) is 15.5. The normalized spacial score (nSPS) is 14.4. The standard InChI is InChI=1S/C22H29N3O7S2/c1-14(2)31-20(24-34(29,30)17-11-9-16(10-12-17)25(27)28)15(3)19(18-8-7-13-33-18)23-21(26)32-22(4,5)6/h7-15,19H,1-6H3,(H,23,26)/b24-20-/t15-,19-/m0/s1. The molecule has 12 heteroatoms. The fourth-order valence-corrected chi connectivity index (χ4v) is 4.76. The molecule has 2 atom stereocenters. The molecule has 1 heterocycles. The Hall–Kier alpha value is -2.99. The summed E-state index contributed by atoms with van der Waals surface area (Å²) in [6, 6.07) is 7.35. The number of non-ortho nitro benzene ring substituents is 1. The lowest BCUT2D eigenvalue weighted by molar-refractivity contribution is -0.384. The zero-order chi connectivity index (χ0) is 25.7. The molecule has 0 saturated heterocycles. The highest BCUT2D eigenvalue weighted by atomic mass is 32.2. The molecular formula is C22H29N3O7S2. The molecule has 2 aromatic rings. The molecule has 0 saturated carbocycles. The van der Waals surface area contributed by atoms with Gasteiger partial charge in [-0.1, -0.05) is 13.0 Å². The first-order chi connectivity index (χ1) is 15.7. The molecule has 0 aliphatic carbocycles. The number of nitro benzene ring substituents is 1. The Morgan fingerprint density at radius 2 is 1.76 bits per heavy atom. The first kappa shape index (κ1) is 27.3. The van der Waals surface area contributed by atoms with Crippen molar-refractivity contribution >= 4 is 39.0 Å². The second kappa shape index (κ2) is 11.0. The van der Waals surface area contributed by atoms with Crippen molar-refractivity contribution in [2.45, 2.75) is 64.2 Å². The predicted molar refractivity (Wildman–Crippen MR) is 130 cm³/mol. The third-order valence-corrected chi connectivity index (χ3v) is 6.57. The Kier molecular flexibility index (Phi) is 8.78. The summed E-state index contributed by atoms with van der Waals surface area (Å²) in [5.74, 6) is -0.802. The molecule has 0 radical (unpaired) electrons. The molecule has 34 heavy (non-hydrogen) atoms. The van der Waals surface area contributed by atoms with Crippen molar-refractivity contribution in [2.75, 3.05) is 0 Å². The number of alkyl carbamates (subject to hydrolysis) is 1. The van der Waals surface area contributed by atoms with Gasteiger partial charge in [0.1, 0.15) is 5.60 Å². The lowest BCUT2D eigenvalue weighted by Crippen LogP contribution is -2.39. The number of ether oxygens (including phenoxy) is 2. The van der Waals surface area contributed by atoms with Crippen LogP contribution in [0.3, 0.4) is 0 Å². The first-order valence-corrected chi connectivity index (χ1v) is 12.8. The van der Waals surface area contributed by atoms with Gasteiger partial charge in [-0.05, 0) is 58.2 Å². The molecule has 0 unspecified atom stereocenters. The minimum absolute atomic E-state index is 0.109. The van der Waals surface area contributed by atoms with Crippen molar-refractivity contribution in [1.29, 1.82) is 0 Å². The van der Waals surface area contributed by atoms with Gasteiger partial charge in [0.25, 0.3) is 15.7 Å². The van der Waals surface area contributed by atoms with Crippen LogP contribution in [0, 0.1) is 16.0 Å². The van der Waals surface area contributed by atoms with Gasteiger partial charge in [-0.15, -0.1) is 15.7 Å². The summed E-state index contributed by atoms with van der Waals surface area (Å²) in [4.78, 5) is 23.3. The van der Waals surface area contributed by atoms with Crippen LogP contribution >= 0.6 is 11.3 Å². The van der Waals surface area contributed by atoms with E-state index in [2.05, 4.69) is 9.71 Å². The Balaban J connectivity index is 2.46. The molecule has 1 aromatic heterocycles. The van der Waals surface area contributed by atoms with Crippen LogP contribution in [0.2, 0.25) is 0 Å². The van der Waals surface area contributed by atoms with Crippen molar-refractivity contribution in [2.24, 2.45) is 10.3 Å². The molecule has 0 spiro atoms. The third-order valence-electron chi connectivity index (χ3n) is 4.32. The average molecular weight is 512 g/mol. The van der Waals surface area contributed by atoms with Crippen LogP contribution in [0.15, 0.2) is 51.1 Å². The van der Waals surface area contributed by atoms with Gasteiger partial charge in [0.05, 0.1) is 27.9 Å². The van der Waals surface area contributed by atoms with E-state index in [1.165, 1.54) is 11.3 Å². The number of rotatable bonds is 8. The maximum Gasteiger partial charge on any atom is 0.408 e. The van der Waals surface area contributed by atoms with Crippen LogP contribution in [0.1, 0.15) is 52.5 Å². The van der Waals surface area contributed by atoms with Gasteiger partial charge in [-0.3, -0.25) is 10.1 Å². The molecule has 2 rings (SSSR count). The zero-order valence-electron chi connectivity index (χ0n) is 19.8. The topological polar surface area (TPSA) is 137 Å². The monoisotopic (exact) mass is 511 g/mol. The molecule has 0 aliphatic heterocycles. The number of sulfonamides is 1. The highest BCUT2D eigenvalue weighted by Gasteiger charge is 2.32. The SMILES string of the molecule is CC(C)O/C(=N\S(=O)(=O)c1ccc([N+](=O)[O-])cc1)[C@@H](C)[C@H](NC(=O)OC(C)(C)C)c1cccs1. The lowest BCUT2D eigenvalue weighted by Gasteiger charge is -2.28. The van der Waals surface area contributed by atoms with Crippen LogP contribution in [-0.2, 0) is 19.5 Å². The molecule has 0 aliphatic rings. The molecule has 0 bridgehead atoms. The Morgan fingerprint density at radius 1 is 1.15 bits per heavy atom. The highest BCUT2D eigenvalue weighted by molar-refractivity contribution is 7.90. The Labute approximate surface area is 203 Å². The molecule has 186 valence electrons. The average Bonchev–Trinajstić information content (AvgIpc) is 3.24. The van der Waals surface area contributed by atoms with Gasteiger partial charge in [0, 0.05) is 17.0 Å². The van der Waals surface area contributed by atoms with Crippen molar-refractivity contribution < 1.29 is 27.6 Å². The number of hydrogen-bond acceptors (Lipinski definition) is 8. The number of nitrogens with zero attached hydrogens (tertiary/aromatic N) is 2. The van der Waals surface area contributed by atoms with Crippen LogP contribution < -0.4 is 5.32 Å². The quantitative estimate of drug-likeness (QED) is 0.226. The van der Waals surface area contributed by atoms with Crippen LogP contribution in [0.5, 0.6) is 0 Å². The van der Waals surface area contributed by atoms with Gasteiger partial charge in [-0.25, -0.2) is 4.79 Å². The fourth-order valence-electron chi connectivity index (χ4n) is 2.85. The molecule has 10 nitrogen and oxygen atoms in total. The van der Waals surface area contributed by atoms with E-state index < -0.39 is 44.7 Å². The van der Waals surface area contributed by atoms with Gasteiger partial charge in [-0.2, -0.15) is 8.42 Å². The van der Waals surface area contributed by atoms with Crippen LogP contribution in [0.4, 0.5) is 10.5 Å². The number of benzene rings is 1. The minimum atomic E-state index is -4.25.